The number of carbonyl (C=O) groups excluding carboxylic acids is 1. The summed E-state index contributed by atoms with van der Waals surface area (Å²) in [6.07, 6.45) is 1.49. The molecule has 0 saturated carbocycles. The van der Waals surface area contributed by atoms with Crippen LogP contribution in [-0.2, 0) is 11.3 Å². The Kier molecular flexibility index (Phi) is 4.62. The number of benzene rings is 1. The van der Waals surface area contributed by atoms with Gasteiger partial charge in [0.2, 0.25) is 0 Å². The van der Waals surface area contributed by atoms with Gasteiger partial charge in [-0.05, 0) is 49.7 Å². The zero-order valence-electron chi connectivity index (χ0n) is 13.4. The highest BCUT2D eigenvalue weighted by molar-refractivity contribution is 6.30. The Hall–Kier alpha value is -2.66. The molecule has 0 spiro atoms. The molecule has 0 saturated heterocycles. The molecule has 0 radical (unpaired) electrons. The summed E-state index contributed by atoms with van der Waals surface area (Å²) in [7, 11) is 0. The van der Waals surface area contributed by atoms with Crippen LogP contribution in [0.3, 0.4) is 0 Å². The van der Waals surface area contributed by atoms with Crippen molar-refractivity contribution in [2.24, 2.45) is 0 Å². The predicted molar refractivity (Wildman–Crippen MR) is 91.4 cm³/mol. The van der Waals surface area contributed by atoms with Gasteiger partial charge in [-0.25, -0.2) is 14.5 Å². The van der Waals surface area contributed by atoms with Gasteiger partial charge in [-0.1, -0.05) is 23.7 Å². The molecular weight excluding hydrogens is 326 g/mol. The monoisotopic (exact) mass is 341 g/mol. The Morgan fingerprint density at radius 2 is 2.04 bits per heavy atom. The van der Waals surface area contributed by atoms with E-state index >= 15 is 0 Å². The van der Waals surface area contributed by atoms with Gasteiger partial charge in [0.25, 0.3) is 0 Å². The van der Waals surface area contributed by atoms with Gasteiger partial charge in [0.15, 0.2) is 5.82 Å². The first-order chi connectivity index (χ1) is 11.5. The van der Waals surface area contributed by atoms with Gasteiger partial charge in [-0.3, -0.25) is 0 Å². The number of halogens is 1. The van der Waals surface area contributed by atoms with E-state index in [1.165, 1.54) is 6.20 Å². The van der Waals surface area contributed by atoms with Crippen molar-refractivity contribution < 1.29 is 9.53 Å². The van der Waals surface area contributed by atoms with E-state index in [0.29, 0.717) is 16.4 Å². The third-order valence-corrected chi connectivity index (χ3v) is 3.70. The average Bonchev–Trinajstić information content (AvgIpc) is 2.91. The van der Waals surface area contributed by atoms with Crippen LogP contribution in [0.5, 0.6) is 0 Å². The smallest absolute Gasteiger partial charge is 0.340 e. The molecule has 0 fully saturated rings. The normalized spacial score (nSPS) is 10.6. The topological polar surface area (TPSA) is 57.0 Å². The molecule has 1 aromatic carbocycles. The molecule has 5 nitrogen and oxygen atoms in total. The molecule has 0 atom stereocenters. The van der Waals surface area contributed by atoms with E-state index in [1.807, 2.05) is 32.0 Å². The fraction of sp³-hybridized carbons (Fsp3) is 0.167. The van der Waals surface area contributed by atoms with Gasteiger partial charge in [-0.2, -0.15) is 5.10 Å². The first kappa shape index (κ1) is 16.2. The van der Waals surface area contributed by atoms with E-state index in [0.717, 1.165) is 17.0 Å². The average molecular weight is 342 g/mol. The molecule has 0 bridgehead atoms. The number of aromatic nitrogens is 3. The summed E-state index contributed by atoms with van der Waals surface area (Å²) >= 11 is 5.91. The second kappa shape index (κ2) is 6.84. The summed E-state index contributed by atoms with van der Waals surface area (Å²) in [5.74, 6) is 0.231. The van der Waals surface area contributed by atoms with Crippen molar-refractivity contribution in [2.75, 3.05) is 0 Å². The summed E-state index contributed by atoms with van der Waals surface area (Å²) in [6, 6.07) is 12.6. The van der Waals surface area contributed by atoms with Crippen LogP contribution >= 0.6 is 11.6 Å². The Morgan fingerprint density at radius 1 is 1.21 bits per heavy atom. The molecule has 3 aromatic rings. The molecule has 0 amide bonds. The molecule has 3 rings (SSSR count). The van der Waals surface area contributed by atoms with Crippen LogP contribution in [-0.4, -0.2) is 20.7 Å². The minimum Gasteiger partial charge on any atom is -0.457 e. The summed E-state index contributed by atoms with van der Waals surface area (Å²) in [5, 5.41) is 4.98. The van der Waals surface area contributed by atoms with Crippen molar-refractivity contribution in [3.8, 4) is 5.82 Å². The third-order valence-electron chi connectivity index (χ3n) is 3.47. The van der Waals surface area contributed by atoms with E-state index in [1.54, 1.807) is 28.9 Å². The third kappa shape index (κ3) is 3.63. The molecule has 122 valence electrons. The predicted octanol–water partition coefficient (Wildman–Crippen LogP) is 3.89. The number of ether oxygens (including phenoxy) is 1. The molecule has 6 heteroatoms. The lowest BCUT2D eigenvalue weighted by atomic mass is 10.2. The number of pyridine rings is 1. The summed E-state index contributed by atoms with van der Waals surface area (Å²) in [6.45, 7) is 4.04. The Labute approximate surface area is 144 Å². The fourth-order valence-electron chi connectivity index (χ4n) is 2.35. The summed E-state index contributed by atoms with van der Waals surface area (Å²) in [4.78, 5) is 16.4. The zero-order valence-corrected chi connectivity index (χ0v) is 14.1. The maximum Gasteiger partial charge on any atom is 0.340 e. The molecule has 2 aromatic heterocycles. The highest BCUT2D eigenvalue weighted by atomic mass is 35.5. The zero-order chi connectivity index (χ0) is 17.1. The van der Waals surface area contributed by atoms with Gasteiger partial charge in [0, 0.05) is 16.9 Å². The molecule has 0 aliphatic rings. The molecular formula is C18H16ClN3O2. The van der Waals surface area contributed by atoms with E-state index in [4.69, 9.17) is 16.3 Å². The van der Waals surface area contributed by atoms with Crippen LogP contribution in [0.2, 0.25) is 5.02 Å². The van der Waals surface area contributed by atoms with E-state index in [-0.39, 0.29) is 6.61 Å². The number of esters is 1. The van der Waals surface area contributed by atoms with Gasteiger partial charge in [0.1, 0.15) is 6.61 Å². The fourth-order valence-corrected chi connectivity index (χ4v) is 2.56. The molecule has 24 heavy (non-hydrogen) atoms. The minimum atomic E-state index is -0.428. The van der Waals surface area contributed by atoms with E-state index in [9.17, 15) is 4.79 Å². The first-order valence-corrected chi connectivity index (χ1v) is 7.82. The van der Waals surface area contributed by atoms with Crippen LogP contribution in [0.1, 0.15) is 27.3 Å². The quantitative estimate of drug-likeness (QED) is 0.675. The van der Waals surface area contributed by atoms with Gasteiger partial charge in [0.05, 0.1) is 11.3 Å². The van der Waals surface area contributed by atoms with E-state index < -0.39 is 5.97 Å². The Morgan fingerprint density at radius 3 is 2.67 bits per heavy atom. The van der Waals surface area contributed by atoms with Crippen LogP contribution in [0.25, 0.3) is 5.82 Å². The standard InChI is InChI=1S/C18H16ClN3O2/c1-12-8-13(2)22(21-12)17-7-6-15(10-20-17)18(23)24-11-14-4-3-5-16(19)9-14/h3-10H,11H2,1-2H3. The number of rotatable bonds is 4. The lowest BCUT2D eigenvalue weighted by Gasteiger charge is -2.07. The molecule has 2 heterocycles. The molecule has 0 N–H and O–H groups in total. The number of nitrogens with zero attached hydrogens (tertiary/aromatic N) is 3. The van der Waals surface area contributed by atoms with Crippen LogP contribution in [0.4, 0.5) is 0 Å². The SMILES string of the molecule is Cc1cc(C)n(-c2ccc(C(=O)OCc3cccc(Cl)c3)cn2)n1. The van der Waals surface area contributed by atoms with Crippen LogP contribution in [0, 0.1) is 13.8 Å². The first-order valence-electron chi connectivity index (χ1n) is 7.44. The Bertz CT molecular complexity index is 872. The number of carbonyl (C=O) groups is 1. The van der Waals surface area contributed by atoms with Crippen LogP contribution < -0.4 is 0 Å². The van der Waals surface area contributed by atoms with Gasteiger partial charge >= 0.3 is 5.97 Å². The molecule has 0 unspecified atom stereocenters. The Balaban J connectivity index is 1.69. The number of aryl methyl sites for hydroxylation is 2. The highest BCUT2D eigenvalue weighted by Gasteiger charge is 2.10. The van der Waals surface area contributed by atoms with Crippen molar-refractivity contribution in [1.82, 2.24) is 14.8 Å². The number of hydrogen-bond acceptors (Lipinski definition) is 4. The van der Waals surface area contributed by atoms with Crippen molar-refractivity contribution in [3.05, 3.63) is 76.2 Å². The highest BCUT2D eigenvalue weighted by Crippen LogP contribution is 2.14. The van der Waals surface area contributed by atoms with Crippen molar-refractivity contribution in [2.45, 2.75) is 20.5 Å². The van der Waals surface area contributed by atoms with Crippen molar-refractivity contribution in [3.63, 3.8) is 0 Å². The van der Waals surface area contributed by atoms with Crippen molar-refractivity contribution >= 4 is 17.6 Å². The number of hydrogen-bond donors (Lipinski definition) is 0. The minimum absolute atomic E-state index is 0.165. The molecule has 0 aliphatic carbocycles. The second-order valence-corrected chi connectivity index (χ2v) is 5.89. The van der Waals surface area contributed by atoms with Crippen LogP contribution in [0.15, 0.2) is 48.7 Å². The van der Waals surface area contributed by atoms with E-state index in [2.05, 4.69) is 10.1 Å². The maximum atomic E-state index is 12.1. The largest absolute Gasteiger partial charge is 0.457 e. The summed E-state index contributed by atoms with van der Waals surface area (Å²) in [5.41, 5.74) is 3.13. The van der Waals surface area contributed by atoms with Gasteiger partial charge in [-0.15, -0.1) is 0 Å². The summed E-state index contributed by atoms with van der Waals surface area (Å²) < 4.78 is 7.02. The lowest BCUT2D eigenvalue weighted by molar-refractivity contribution is 0.0472. The van der Waals surface area contributed by atoms with Gasteiger partial charge < -0.3 is 4.74 Å². The van der Waals surface area contributed by atoms with Crippen molar-refractivity contribution in [1.29, 1.82) is 0 Å². The lowest BCUT2D eigenvalue weighted by Crippen LogP contribution is -2.07. The molecule has 0 aliphatic heterocycles. The maximum absolute atomic E-state index is 12.1. The second-order valence-electron chi connectivity index (χ2n) is 5.45.